The standard InChI is InChI=1S/C35H32ClNO7/c36-28-18-16-27(17-19-28)33(38)35(39)34-30(37-44-35)32(42-22-26-14-8-3-9-15-26)31(41-21-25-12-6-2-7-13-25)29(43-34)23-40-20-24-10-4-1-5-11-24/h1-19,29,31-32,34,39H,20-23H2/t29-,31-,32-,34-,35+/m1/s1. The van der Waals surface area contributed by atoms with E-state index in [2.05, 4.69) is 5.16 Å². The molecule has 0 spiro atoms. The molecule has 0 aromatic heterocycles. The average molecular weight is 614 g/mol. The molecule has 5 atom stereocenters. The number of halogens is 1. The molecular formula is C35H32ClNO7. The van der Waals surface area contributed by atoms with E-state index in [9.17, 15) is 9.90 Å². The van der Waals surface area contributed by atoms with Crippen LogP contribution in [0.2, 0.25) is 5.02 Å². The third-order valence-electron chi connectivity index (χ3n) is 7.56. The predicted octanol–water partition coefficient (Wildman–Crippen LogP) is 5.75. The molecule has 0 aliphatic carbocycles. The number of oxime groups is 1. The Balaban J connectivity index is 1.30. The van der Waals surface area contributed by atoms with Crippen molar-refractivity contribution in [3.8, 4) is 0 Å². The SMILES string of the molecule is O=C(c1ccc(Cl)cc1)[C@]1(O)ON=C2[C@@H](OCc3ccccc3)[C@H](OCc3ccccc3)[C@@H](COCc3ccccc3)O[C@H]21. The van der Waals surface area contributed by atoms with Crippen LogP contribution >= 0.6 is 11.6 Å². The zero-order valence-corrected chi connectivity index (χ0v) is 24.6. The van der Waals surface area contributed by atoms with Gasteiger partial charge < -0.3 is 28.9 Å². The van der Waals surface area contributed by atoms with E-state index in [1.165, 1.54) is 12.1 Å². The second kappa shape index (κ2) is 13.8. The summed E-state index contributed by atoms with van der Waals surface area (Å²) < 4.78 is 25.5. The summed E-state index contributed by atoms with van der Waals surface area (Å²) in [5, 5.41) is 16.4. The Kier molecular flexibility index (Phi) is 9.47. The third kappa shape index (κ3) is 6.76. The lowest BCUT2D eigenvalue weighted by molar-refractivity contribution is -0.238. The average Bonchev–Trinajstić information content (AvgIpc) is 3.41. The van der Waals surface area contributed by atoms with Crippen LogP contribution in [0.25, 0.3) is 0 Å². The number of aliphatic hydroxyl groups is 1. The van der Waals surface area contributed by atoms with Gasteiger partial charge >= 0.3 is 5.79 Å². The van der Waals surface area contributed by atoms with E-state index in [4.69, 9.17) is 35.4 Å². The van der Waals surface area contributed by atoms with Gasteiger partial charge in [-0.15, -0.1) is 0 Å². The van der Waals surface area contributed by atoms with E-state index in [1.807, 2.05) is 91.0 Å². The van der Waals surface area contributed by atoms with Crippen LogP contribution in [-0.4, -0.2) is 53.4 Å². The molecule has 0 saturated carbocycles. The zero-order valence-electron chi connectivity index (χ0n) is 23.8. The second-order valence-electron chi connectivity index (χ2n) is 10.7. The number of hydrogen-bond acceptors (Lipinski definition) is 8. The van der Waals surface area contributed by atoms with Crippen molar-refractivity contribution in [2.24, 2.45) is 5.16 Å². The highest BCUT2D eigenvalue weighted by Gasteiger charge is 2.62. The lowest BCUT2D eigenvalue weighted by atomic mass is 9.88. The molecule has 4 aromatic rings. The molecule has 2 aliphatic rings. The molecular weight excluding hydrogens is 582 g/mol. The summed E-state index contributed by atoms with van der Waals surface area (Å²) in [6, 6.07) is 35.3. The maximum atomic E-state index is 13.6. The summed E-state index contributed by atoms with van der Waals surface area (Å²) in [5.41, 5.74) is 3.30. The summed E-state index contributed by atoms with van der Waals surface area (Å²) in [5.74, 6) is -3.15. The summed E-state index contributed by atoms with van der Waals surface area (Å²) >= 11 is 6.03. The molecule has 44 heavy (non-hydrogen) atoms. The zero-order chi connectivity index (χ0) is 30.4. The fraction of sp³-hybridized carbons (Fsp3) is 0.257. The van der Waals surface area contributed by atoms with Crippen molar-refractivity contribution >= 4 is 23.1 Å². The van der Waals surface area contributed by atoms with Crippen LogP contribution in [-0.2, 0) is 43.6 Å². The Morgan fingerprint density at radius 2 is 1.32 bits per heavy atom. The number of benzene rings is 4. The normalized spacial score (nSPS) is 24.3. The quantitative estimate of drug-likeness (QED) is 0.203. The smallest absolute Gasteiger partial charge is 0.330 e. The van der Waals surface area contributed by atoms with Crippen molar-refractivity contribution in [1.82, 2.24) is 0 Å². The van der Waals surface area contributed by atoms with Crippen molar-refractivity contribution in [2.45, 2.75) is 50.0 Å². The lowest BCUT2D eigenvalue weighted by Crippen LogP contribution is -2.64. The molecule has 9 heteroatoms. The molecule has 0 radical (unpaired) electrons. The maximum absolute atomic E-state index is 13.6. The van der Waals surface area contributed by atoms with Crippen LogP contribution in [0.15, 0.2) is 120 Å². The van der Waals surface area contributed by atoms with E-state index in [-0.39, 0.29) is 31.1 Å². The molecule has 0 amide bonds. The van der Waals surface area contributed by atoms with E-state index < -0.39 is 36.0 Å². The van der Waals surface area contributed by atoms with Gasteiger partial charge in [-0.05, 0) is 41.0 Å². The first-order chi connectivity index (χ1) is 21.5. The highest BCUT2D eigenvalue weighted by atomic mass is 35.5. The molecule has 6 rings (SSSR count). The topological polar surface area (TPSA) is 95.8 Å². The summed E-state index contributed by atoms with van der Waals surface area (Å²) in [6.07, 6.45) is -3.55. The van der Waals surface area contributed by atoms with E-state index >= 15 is 0 Å². The van der Waals surface area contributed by atoms with Crippen LogP contribution in [0.3, 0.4) is 0 Å². The lowest BCUT2D eigenvalue weighted by Gasteiger charge is -2.42. The van der Waals surface area contributed by atoms with Gasteiger partial charge in [0.1, 0.15) is 24.0 Å². The summed E-state index contributed by atoms with van der Waals surface area (Å²) in [7, 11) is 0. The molecule has 1 saturated heterocycles. The molecule has 2 heterocycles. The van der Waals surface area contributed by atoms with Crippen molar-refractivity contribution in [1.29, 1.82) is 0 Å². The Hall–Kier alpha value is -3.89. The van der Waals surface area contributed by atoms with Crippen LogP contribution in [0.5, 0.6) is 0 Å². The Labute approximate surface area is 260 Å². The van der Waals surface area contributed by atoms with Crippen molar-refractivity contribution < 1.29 is 33.7 Å². The van der Waals surface area contributed by atoms with E-state index in [0.29, 0.717) is 11.6 Å². The van der Waals surface area contributed by atoms with Crippen LogP contribution in [0, 0.1) is 0 Å². The van der Waals surface area contributed by atoms with Crippen LogP contribution in [0.4, 0.5) is 0 Å². The minimum Gasteiger partial charge on any atom is -0.374 e. The number of carbonyl (C=O) groups is 1. The monoisotopic (exact) mass is 613 g/mol. The number of fused-ring (bicyclic) bond motifs is 1. The summed E-state index contributed by atoms with van der Waals surface area (Å²) in [6.45, 7) is 0.915. The Bertz CT molecular complexity index is 1550. The van der Waals surface area contributed by atoms with Gasteiger partial charge in [-0.2, -0.15) is 0 Å². The number of nitrogens with zero attached hydrogens (tertiary/aromatic N) is 1. The largest absolute Gasteiger partial charge is 0.374 e. The molecule has 0 bridgehead atoms. The fourth-order valence-electron chi connectivity index (χ4n) is 5.27. The molecule has 2 aliphatic heterocycles. The van der Waals surface area contributed by atoms with Gasteiger partial charge in [0, 0.05) is 10.6 Å². The van der Waals surface area contributed by atoms with Crippen LogP contribution in [0.1, 0.15) is 27.0 Å². The predicted molar refractivity (Wildman–Crippen MR) is 164 cm³/mol. The summed E-state index contributed by atoms with van der Waals surface area (Å²) in [4.78, 5) is 19.2. The maximum Gasteiger partial charge on any atom is 0.330 e. The van der Waals surface area contributed by atoms with Gasteiger partial charge in [0.25, 0.3) is 0 Å². The van der Waals surface area contributed by atoms with E-state index in [0.717, 1.165) is 16.7 Å². The minimum atomic E-state index is -2.43. The third-order valence-corrected chi connectivity index (χ3v) is 7.82. The van der Waals surface area contributed by atoms with Gasteiger partial charge in [-0.3, -0.25) is 4.79 Å². The number of rotatable bonds is 12. The first kappa shape index (κ1) is 30.1. The molecule has 0 unspecified atom stereocenters. The molecule has 4 aromatic carbocycles. The second-order valence-corrected chi connectivity index (χ2v) is 11.1. The molecule has 8 nitrogen and oxygen atoms in total. The number of Topliss-reactive ketones (excluding diaryl/α,β-unsaturated/α-hetero) is 1. The van der Waals surface area contributed by atoms with Gasteiger partial charge in [0.15, 0.2) is 6.10 Å². The number of ketones is 1. The van der Waals surface area contributed by atoms with Gasteiger partial charge in [0.05, 0.1) is 26.4 Å². The van der Waals surface area contributed by atoms with Crippen molar-refractivity contribution in [3.63, 3.8) is 0 Å². The van der Waals surface area contributed by atoms with Gasteiger partial charge in [-0.25, -0.2) is 0 Å². The number of carbonyl (C=O) groups excluding carboxylic acids is 1. The fourth-order valence-corrected chi connectivity index (χ4v) is 5.39. The number of hydrogen-bond donors (Lipinski definition) is 1. The van der Waals surface area contributed by atoms with Crippen molar-refractivity contribution in [3.05, 3.63) is 143 Å². The van der Waals surface area contributed by atoms with Gasteiger partial charge in [-0.1, -0.05) is 108 Å². The molecule has 226 valence electrons. The number of ether oxygens (including phenoxy) is 4. The molecule has 1 N–H and O–H groups in total. The molecule has 1 fully saturated rings. The van der Waals surface area contributed by atoms with Crippen LogP contribution < -0.4 is 0 Å². The first-order valence-electron chi connectivity index (χ1n) is 14.4. The Morgan fingerprint density at radius 1 is 0.773 bits per heavy atom. The highest BCUT2D eigenvalue weighted by Crippen LogP contribution is 2.37. The Morgan fingerprint density at radius 3 is 1.91 bits per heavy atom. The van der Waals surface area contributed by atoms with Crippen molar-refractivity contribution in [2.75, 3.05) is 6.61 Å². The van der Waals surface area contributed by atoms with E-state index in [1.54, 1.807) is 12.1 Å². The van der Waals surface area contributed by atoms with Gasteiger partial charge in [0.2, 0.25) is 5.78 Å². The first-order valence-corrected chi connectivity index (χ1v) is 14.8. The highest BCUT2D eigenvalue weighted by molar-refractivity contribution is 6.30. The minimum absolute atomic E-state index is 0.0918.